The Morgan fingerprint density at radius 3 is 2.89 bits per heavy atom. The molecule has 2 aromatic rings. The molecule has 7 nitrogen and oxygen atoms in total. The molecule has 3 atom stereocenters. The van der Waals surface area contributed by atoms with Crippen molar-refractivity contribution in [2.45, 2.75) is 32.2 Å². The summed E-state index contributed by atoms with van der Waals surface area (Å²) < 4.78 is 19.5. The summed E-state index contributed by atoms with van der Waals surface area (Å²) in [5.74, 6) is 0.785. The lowest BCUT2D eigenvalue weighted by Crippen LogP contribution is -2.39. The van der Waals surface area contributed by atoms with Crippen molar-refractivity contribution >= 4 is 5.91 Å². The minimum absolute atomic E-state index is 0.0458. The fourth-order valence-corrected chi connectivity index (χ4v) is 3.75. The van der Waals surface area contributed by atoms with Crippen LogP contribution in [0.3, 0.4) is 0 Å². The molecule has 4 rings (SSSR count). The van der Waals surface area contributed by atoms with Crippen LogP contribution < -0.4 is 15.6 Å². The van der Waals surface area contributed by atoms with Crippen LogP contribution in [0.4, 0.5) is 4.39 Å². The van der Waals surface area contributed by atoms with Gasteiger partial charge >= 0.3 is 0 Å². The third kappa shape index (κ3) is 3.83. The number of rotatable bonds is 4. The molecule has 0 radical (unpaired) electrons. The molecule has 3 unspecified atom stereocenters. The number of aryl methyl sites for hydroxylation is 1. The number of carbonyl (C=O) groups is 1. The SMILES string of the molecule is Cc1cc(Oc2ccccc2F)nc(C2CCN(C(=O)C3CNNC3C)C2)n1. The number of halogens is 1. The van der Waals surface area contributed by atoms with Crippen LogP contribution in [0, 0.1) is 18.7 Å². The average molecular weight is 385 g/mol. The lowest BCUT2D eigenvalue weighted by atomic mass is 10.0. The van der Waals surface area contributed by atoms with Gasteiger partial charge < -0.3 is 9.64 Å². The molecule has 148 valence electrons. The van der Waals surface area contributed by atoms with Crippen LogP contribution in [0.1, 0.15) is 30.8 Å². The Hall–Kier alpha value is -2.58. The molecule has 2 aliphatic heterocycles. The normalized spacial score (nSPS) is 24.5. The Bertz CT molecular complexity index is 877. The molecule has 8 heteroatoms. The standard InChI is InChI=1S/C20H24FN5O2/c1-12-9-18(28-17-6-4-3-5-16(17)21)24-19(23-12)14-7-8-26(11-14)20(27)15-10-22-25-13(15)2/h3-6,9,13-15,22,25H,7-8,10-11H2,1-2H3. The Morgan fingerprint density at radius 1 is 1.32 bits per heavy atom. The fourth-order valence-electron chi connectivity index (χ4n) is 3.75. The molecule has 2 N–H and O–H groups in total. The highest BCUT2D eigenvalue weighted by Crippen LogP contribution is 2.29. The summed E-state index contributed by atoms with van der Waals surface area (Å²) in [6.07, 6.45) is 0.802. The van der Waals surface area contributed by atoms with E-state index in [0.29, 0.717) is 31.3 Å². The van der Waals surface area contributed by atoms with Gasteiger partial charge in [-0.1, -0.05) is 12.1 Å². The molecule has 0 aliphatic carbocycles. The molecule has 2 saturated heterocycles. The number of para-hydroxylation sites is 1. The summed E-state index contributed by atoms with van der Waals surface area (Å²) in [6, 6.07) is 8.03. The van der Waals surface area contributed by atoms with Crippen molar-refractivity contribution in [2.75, 3.05) is 19.6 Å². The molecule has 1 amide bonds. The summed E-state index contributed by atoms with van der Waals surface area (Å²) in [5, 5.41) is 0. The van der Waals surface area contributed by atoms with Crippen LogP contribution >= 0.6 is 0 Å². The fraction of sp³-hybridized carbons (Fsp3) is 0.450. The summed E-state index contributed by atoms with van der Waals surface area (Å²) in [5.41, 5.74) is 6.88. The van der Waals surface area contributed by atoms with Crippen LogP contribution in [-0.2, 0) is 4.79 Å². The van der Waals surface area contributed by atoms with Crippen LogP contribution in [0.25, 0.3) is 0 Å². The maximum atomic E-state index is 13.9. The second-order valence-corrected chi connectivity index (χ2v) is 7.43. The van der Waals surface area contributed by atoms with Crippen molar-refractivity contribution < 1.29 is 13.9 Å². The van der Waals surface area contributed by atoms with E-state index in [1.54, 1.807) is 24.3 Å². The largest absolute Gasteiger partial charge is 0.436 e. The Morgan fingerprint density at radius 2 is 2.14 bits per heavy atom. The van der Waals surface area contributed by atoms with E-state index >= 15 is 0 Å². The monoisotopic (exact) mass is 385 g/mol. The van der Waals surface area contributed by atoms with E-state index in [-0.39, 0.29) is 29.5 Å². The van der Waals surface area contributed by atoms with Crippen molar-refractivity contribution in [2.24, 2.45) is 5.92 Å². The molecule has 2 aliphatic rings. The average Bonchev–Trinajstić information content (AvgIpc) is 3.32. The van der Waals surface area contributed by atoms with Crippen molar-refractivity contribution in [1.82, 2.24) is 25.7 Å². The van der Waals surface area contributed by atoms with Crippen molar-refractivity contribution in [3.8, 4) is 11.6 Å². The summed E-state index contributed by atoms with van der Waals surface area (Å²) in [7, 11) is 0. The van der Waals surface area contributed by atoms with E-state index in [0.717, 1.165) is 12.1 Å². The van der Waals surface area contributed by atoms with Gasteiger partial charge in [0, 0.05) is 43.4 Å². The van der Waals surface area contributed by atoms with Crippen molar-refractivity contribution in [3.05, 3.63) is 47.7 Å². The number of likely N-dealkylation sites (tertiary alicyclic amines) is 1. The van der Waals surface area contributed by atoms with Gasteiger partial charge in [-0.25, -0.2) is 9.37 Å². The quantitative estimate of drug-likeness (QED) is 0.840. The second kappa shape index (κ2) is 7.81. The number of nitrogens with zero attached hydrogens (tertiary/aromatic N) is 3. The molecular weight excluding hydrogens is 361 g/mol. The van der Waals surface area contributed by atoms with Gasteiger partial charge in [-0.15, -0.1) is 0 Å². The summed E-state index contributed by atoms with van der Waals surface area (Å²) >= 11 is 0. The minimum Gasteiger partial charge on any atom is -0.436 e. The van der Waals surface area contributed by atoms with Gasteiger partial charge in [0.1, 0.15) is 5.82 Å². The van der Waals surface area contributed by atoms with Crippen LogP contribution in [-0.4, -0.2) is 46.5 Å². The second-order valence-electron chi connectivity index (χ2n) is 7.43. The first-order valence-corrected chi connectivity index (χ1v) is 9.56. The smallest absolute Gasteiger partial charge is 0.228 e. The van der Waals surface area contributed by atoms with Gasteiger partial charge in [-0.3, -0.25) is 15.6 Å². The highest BCUT2D eigenvalue weighted by Gasteiger charge is 2.37. The van der Waals surface area contributed by atoms with E-state index < -0.39 is 5.82 Å². The van der Waals surface area contributed by atoms with Gasteiger partial charge in [-0.2, -0.15) is 4.98 Å². The Kier molecular flexibility index (Phi) is 5.23. The number of aromatic nitrogens is 2. The van der Waals surface area contributed by atoms with Gasteiger partial charge in [0.2, 0.25) is 11.8 Å². The van der Waals surface area contributed by atoms with Gasteiger partial charge in [0.25, 0.3) is 0 Å². The number of hydrogen-bond acceptors (Lipinski definition) is 6. The molecule has 0 spiro atoms. The molecule has 0 bridgehead atoms. The molecule has 0 saturated carbocycles. The van der Waals surface area contributed by atoms with Crippen LogP contribution in [0.5, 0.6) is 11.6 Å². The van der Waals surface area contributed by atoms with Gasteiger partial charge in [0.15, 0.2) is 11.6 Å². The molecule has 1 aromatic carbocycles. The minimum atomic E-state index is -0.439. The van der Waals surface area contributed by atoms with Crippen LogP contribution in [0.2, 0.25) is 0 Å². The predicted octanol–water partition coefficient (Wildman–Crippen LogP) is 2.14. The molecule has 28 heavy (non-hydrogen) atoms. The number of benzene rings is 1. The lowest BCUT2D eigenvalue weighted by Gasteiger charge is -2.22. The first kappa shape index (κ1) is 18.8. The maximum Gasteiger partial charge on any atom is 0.228 e. The number of nitrogens with one attached hydrogen (secondary N) is 2. The number of amides is 1. The maximum absolute atomic E-state index is 13.9. The first-order chi connectivity index (χ1) is 13.5. The Balaban J connectivity index is 1.48. The zero-order valence-electron chi connectivity index (χ0n) is 16.0. The number of carbonyl (C=O) groups excluding carboxylic acids is 1. The van der Waals surface area contributed by atoms with Gasteiger partial charge in [-0.05, 0) is 32.4 Å². The lowest BCUT2D eigenvalue weighted by molar-refractivity contribution is -0.134. The number of hydrogen-bond donors (Lipinski definition) is 2. The number of hydrazine groups is 1. The van der Waals surface area contributed by atoms with E-state index in [1.807, 2.05) is 18.7 Å². The Labute approximate surface area is 163 Å². The molecule has 3 heterocycles. The van der Waals surface area contributed by atoms with E-state index in [2.05, 4.69) is 20.8 Å². The topological polar surface area (TPSA) is 79.4 Å². The zero-order chi connectivity index (χ0) is 19.7. The first-order valence-electron chi connectivity index (χ1n) is 9.56. The van der Waals surface area contributed by atoms with Gasteiger partial charge in [0.05, 0.1) is 5.92 Å². The third-order valence-corrected chi connectivity index (χ3v) is 5.34. The van der Waals surface area contributed by atoms with E-state index in [4.69, 9.17) is 4.74 Å². The highest BCUT2D eigenvalue weighted by molar-refractivity contribution is 5.80. The summed E-state index contributed by atoms with van der Waals surface area (Å²) in [6.45, 7) is 5.78. The molecular formula is C20H24FN5O2. The van der Waals surface area contributed by atoms with E-state index in [1.165, 1.54) is 6.07 Å². The van der Waals surface area contributed by atoms with Crippen molar-refractivity contribution in [1.29, 1.82) is 0 Å². The molecule has 1 aromatic heterocycles. The van der Waals surface area contributed by atoms with Crippen LogP contribution in [0.15, 0.2) is 30.3 Å². The third-order valence-electron chi connectivity index (χ3n) is 5.34. The zero-order valence-corrected chi connectivity index (χ0v) is 16.0. The summed E-state index contributed by atoms with van der Waals surface area (Å²) in [4.78, 5) is 23.7. The molecule has 2 fully saturated rings. The van der Waals surface area contributed by atoms with Crippen molar-refractivity contribution in [3.63, 3.8) is 0 Å². The van der Waals surface area contributed by atoms with E-state index in [9.17, 15) is 9.18 Å². The highest BCUT2D eigenvalue weighted by atomic mass is 19.1. The number of ether oxygens (including phenoxy) is 1. The predicted molar refractivity (Wildman–Crippen MR) is 101 cm³/mol.